The number of hydrogen-bond donors (Lipinski definition) is 3. The summed E-state index contributed by atoms with van der Waals surface area (Å²) in [5.74, 6) is 1.13. The number of nitrogens with two attached hydrogens (primary N) is 1. The lowest BCUT2D eigenvalue weighted by Gasteiger charge is -2.19. The molecular weight excluding hydrogens is 190 g/mol. The molecule has 0 aromatic rings. The summed E-state index contributed by atoms with van der Waals surface area (Å²) in [6.45, 7) is 3.74. The first-order valence-electron chi connectivity index (χ1n) is 5.57. The average Bonchev–Trinajstić information content (AvgIpc) is 2.29. The molecule has 0 amide bonds. The van der Waals surface area contributed by atoms with Gasteiger partial charge in [-0.2, -0.15) is 0 Å². The molecule has 86 valence electrons. The number of amidine groups is 1. The third-order valence-electron chi connectivity index (χ3n) is 2.88. The molecule has 0 saturated carbocycles. The first kappa shape index (κ1) is 12.0. The minimum absolute atomic E-state index is 0.0918. The third kappa shape index (κ3) is 4.34. The number of nitrogens with one attached hydrogen (secondary N) is 1. The molecule has 1 rings (SSSR count). The molecule has 0 saturated heterocycles. The lowest BCUT2D eigenvalue weighted by Crippen LogP contribution is -2.34. The van der Waals surface area contributed by atoms with Gasteiger partial charge >= 0.3 is 0 Å². The quantitative estimate of drug-likeness (QED) is 0.211. The Kier molecular flexibility index (Phi) is 5.18. The minimum atomic E-state index is 0.0918. The molecule has 0 aliphatic heterocycles. The second kappa shape index (κ2) is 6.45. The zero-order valence-corrected chi connectivity index (χ0v) is 9.32. The van der Waals surface area contributed by atoms with Crippen molar-refractivity contribution in [1.29, 1.82) is 0 Å². The molecule has 15 heavy (non-hydrogen) atoms. The highest BCUT2D eigenvalue weighted by molar-refractivity contribution is 5.82. The van der Waals surface area contributed by atoms with Crippen molar-refractivity contribution in [2.24, 2.45) is 22.7 Å². The summed E-state index contributed by atoms with van der Waals surface area (Å²) < 4.78 is 0. The highest BCUT2D eigenvalue weighted by atomic mass is 16.4. The highest BCUT2D eigenvalue weighted by Crippen LogP contribution is 2.16. The molecule has 1 aliphatic rings. The van der Waals surface area contributed by atoms with Crippen LogP contribution < -0.4 is 11.1 Å². The molecule has 4 heteroatoms. The van der Waals surface area contributed by atoms with Crippen LogP contribution in [0.5, 0.6) is 0 Å². The van der Waals surface area contributed by atoms with E-state index >= 15 is 0 Å². The Hall–Kier alpha value is -1.03. The van der Waals surface area contributed by atoms with Gasteiger partial charge in [-0.1, -0.05) is 24.2 Å². The molecule has 1 aliphatic carbocycles. The SMILES string of the molecule is CC(CNCC1CC=CCC1)C(N)=NO. The highest BCUT2D eigenvalue weighted by Gasteiger charge is 2.11. The van der Waals surface area contributed by atoms with Gasteiger partial charge in [0.25, 0.3) is 0 Å². The fraction of sp³-hybridized carbons (Fsp3) is 0.727. The molecule has 2 atom stereocenters. The summed E-state index contributed by atoms with van der Waals surface area (Å²) in [7, 11) is 0. The van der Waals surface area contributed by atoms with Crippen molar-refractivity contribution in [3.8, 4) is 0 Å². The predicted molar refractivity (Wildman–Crippen MR) is 61.9 cm³/mol. The molecule has 0 radical (unpaired) electrons. The van der Waals surface area contributed by atoms with Gasteiger partial charge in [0, 0.05) is 12.5 Å². The molecule has 0 bridgehead atoms. The zero-order valence-electron chi connectivity index (χ0n) is 9.32. The number of rotatable bonds is 5. The van der Waals surface area contributed by atoms with Gasteiger partial charge in [0.1, 0.15) is 5.84 Å². The van der Waals surface area contributed by atoms with Crippen molar-refractivity contribution in [3.05, 3.63) is 12.2 Å². The van der Waals surface area contributed by atoms with Gasteiger partial charge in [0.2, 0.25) is 0 Å². The Morgan fingerprint density at radius 3 is 3.07 bits per heavy atom. The third-order valence-corrected chi connectivity index (χ3v) is 2.88. The van der Waals surface area contributed by atoms with Crippen LogP contribution >= 0.6 is 0 Å². The van der Waals surface area contributed by atoms with Crippen LogP contribution in [0.3, 0.4) is 0 Å². The van der Waals surface area contributed by atoms with E-state index in [0.29, 0.717) is 5.84 Å². The summed E-state index contributed by atoms with van der Waals surface area (Å²) in [6, 6.07) is 0. The lowest BCUT2D eigenvalue weighted by atomic mass is 9.94. The molecule has 2 unspecified atom stereocenters. The number of allylic oxidation sites excluding steroid dienone is 2. The summed E-state index contributed by atoms with van der Waals surface area (Å²) in [5, 5.41) is 14.8. The van der Waals surface area contributed by atoms with Crippen molar-refractivity contribution >= 4 is 5.84 Å². The Labute approximate surface area is 91.2 Å². The summed E-state index contributed by atoms with van der Waals surface area (Å²) in [5.41, 5.74) is 5.48. The van der Waals surface area contributed by atoms with Crippen molar-refractivity contribution in [1.82, 2.24) is 5.32 Å². The smallest absolute Gasteiger partial charge is 0.143 e. The van der Waals surface area contributed by atoms with E-state index in [9.17, 15) is 0 Å². The maximum Gasteiger partial charge on any atom is 0.143 e. The van der Waals surface area contributed by atoms with Crippen molar-refractivity contribution in [3.63, 3.8) is 0 Å². The van der Waals surface area contributed by atoms with Crippen LogP contribution in [0.1, 0.15) is 26.2 Å². The molecule has 4 nitrogen and oxygen atoms in total. The van der Waals surface area contributed by atoms with Gasteiger partial charge in [-0.25, -0.2) is 0 Å². The van der Waals surface area contributed by atoms with Gasteiger partial charge in [-0.15, -0.1) is 0 Å². The van der Waals surface area contributed by atoms with Crippen LogP contribution in [0.4, 0.5) is 0 Å². The van der Waals surface area contributed by atoms with E-state index in [1.165, 1.54) is 19.3 Å². The van der Waals surface area contributed by atoms with Gasteiger partial charge in [-0.05, 0) is 31.7 Å². The van der Waals surface area contributed by atoms with E-state index < -0.39 is 0 Å². The van der Waals surface area contributed by atoms with Gasteiger partial charge in [-0.3, -0.25) is 0 Å². The molecule has 0 heterocycles. The summed E-state index contributed by atoms with van der Waals surface area (Å²) in [6.07, 6.45) is 8.13. The van der Waals surface area contributed by atoms with Gasteiger partial charge in [0.05, 0.1) is 0 Å². The average molecular weight is 211 g/mol. The lowest BCUT2D eigenvalue weighted by molar-refractivity contribution is 0.313. The summed E-state index contributed by atoms with van der Waals surface area (Å²) in [4.78, 5) is 0. The maximum atomic E-state index is 8.48. The topological polar surface area (TPSA) is 70.6 Å². The number of oxime groups is 1. The Morgan fingerprint density at radius 1 is 1.67 bits per heavy atom. The fourth-order valence-corrected chi connectivity index (χ4v) is 1.75. The van der Waals surface area contributed by atoms with Crippen molar-refractivity contribution < 1.29 is 5.21 Å². The normalized spacial score (nSPS) is 24.1. The van der Waals surface area contributed by atoms with Gasteiger partial charge in [0.15, 0.2) is 0 Å². The summed E-state index contributed by atoms with van der Waals surface area (Å²) >= 11 is 0. The standard InChI is InChI=1S/C11H21N3O/c1-9(11(12)14-15)7-13-8-10-5-3-2-4-6-10/h2-3,9-10,13,15H,4-8H2,1H3,(H2,12,14). The second-order valence-electron chi connectivity index (χ2n) is 4.23. The van der Waals surface area contributed by atoms with Crippen LogP contribution in [0.25, 0.3) is 0 Å². The number of nitrogens with zero attached hydrogens (tertiary/aromatic N) is 1. The van der Waals surface area contributed by atoms with Crippen molar-refractivity contribution in [2.45, 2.75) is 26.2 Å². The van der Waals surface area contributed by atoms with E-state index in [2.05, 4.69) is 22.6 Å². The van der Waals surface area contributed by atoms with E-state index in [4.69, 9.17) is 10.9 Å². The molecule has 0 spiro atoms. The van der Waals surface area contributed by atoms with E-state index in [-0.39, 0.29) is 5.92 Å². The Morgan fingerprint density at radius 2 is 2.47 bits per heavy atom. The second-order valence-corrected chi connectivity index (χ2v) is 4.23. The first-order chi connectivity index (χ1) is 7.24. The maximum absolute atomic E-state index is 8.48. The van der Waals surface area contributed by atoms with E-state index in [0.717, 1.165) is 19.0 Å². The molecule has 0 aromatic carbocycles. The largest absolute Gasteiger partial charge is 0.409 e. The van der Waals surface area contributed by atoms with Crippen LogP contribution in [0.2, 0.25) is 0 Å². The van der Waals surface area contributed by atoms with E-state index in [1.54, 1.807) is 0 Å². The Bertz CT molecular complexity index is 238. The van der Waals surface area contributed by atoms with Crippen LogP contribution in [-0.2, 0) is 0 Å². The first-order valence-corrected chi connectivity index (χ1v) is 5.57. The zero-order chi connectivity index (χ0) is 11.1. The van der Waals surface area contributed by atoms with Crippen LogP contribution in [0, 0.1) is 11.8 Å². The van der Waals surface area contributed by atoms with E-state index in [1.807, 2.05) is 6.92 Å². The number of hydrogen-bond acceptors (Lipinski definition) is 3. The fourth-order valence-electron chi connectivity index (χ4n) is 1.75. The monoisotopic (exact) mass is 211 g/mol. The van der Waals surface area contributed by atoms with Gasteiger partial charge < -0.3 is 16.3 Å². The molecule has 4 N–H and O–H groups in total. The van der Waals surface area contributed by atoms with Crippen LogP contribution in [-0.4, -0.2) is 24.1 Å². The molecular formula is C11H21N3O. The predicted octanol–water partition coefficient (Wildman–Crippen LogP) is 1.31. The Balaban J connectivity index is 2.13. The van der Waals surface area contributed by atoms with Crippen LogP contribution in [0.15, 0.2) is 17.3 Å². The molecule has 0 fully saturated rings. The molecule has 0 aromatic heterocycles. The van der Waals surface area contributed by atoms with Crippen molar-refractivity contribution in [2.75, 3.05) is 13.1 Å². The minimum Gasteiger partial charge on any atom is -0.409 e.